The van der Waals surface area contributed by atoms with Gasteiger partial charge in [0.15, 0.2) is 0 Å². The van der Waals surface area contributed by atoms with E-state index in [4.69, 9.17) is 4.74 Å². The molecule has 0 unspecified atom stereocenters. The highest BCUT2D eigenvalue weighted by Crippen LogP contribution is 2.66. The molecule has 1 saturated heterocycles. The van der Waals surface area contributed by atoms with Gasteiger partial charge in [-0.3, -0.25) is 4.79 Å². The van der Waals surface area contributed by atoms with E-state index in [9.17, 15) is 25.2 Å². The molecule has 200 valence electrons. The summed E-state index contributed by atoms with van der Waals surface area (Å²) in [7, 11) is 0. The standard InChI is InChI=1S/C29H48O6/c1-7-17(15(2)3)26(33)25(32)16(4)19-8-9-20-18-14-35-27(34)22-12-23(30)24(31)13-29(22,6)21(18)10-11-28(19,20)5/h7,15-16,18-26,30-33H,8-14H2,1-6H3/b17-7-/t16-,18+,19+,20+,21-,22+,23-,24+,25+,26+,28+,29+/m0/s1. The molecule has 6 heteroatoms. The van der Waals surface area contributed by atoms with E-state index in [0.717, 1.165) is 31.3 Å². The van der Waals surface area contributed by atoms with E-state index in [1.807, 2.05) is 26.8 Å². The van der Waals surface area contributed by atoms with Gasteiger partial charge in [0.1, 0.15) is 6.10 Å². The number of esters is 1. The highest BCUT2D eigenvalue weighted by molar-refractivity contribution is 5.74. The predicted molar refractivity (Wildman–Crippen MR) is 134 cm³/mol. The Kier molecular flexibility index (Phi) is 7.54. The van der Waals surface area contributed by atoms with Gasteiger partial charge < -0.3 is 25.2 Å². The molecule has 3 aliphatic carbocycles. The summed E-state index contributed by atoms with van der Waals surface area (Å²) in [6, 6.07) is 0. The van der Waals surface area contributed by atoms with E-state index in [-0.39, 0.29) is 58.7 Å². The van der Waals surface area contributed by atoms with Crippen molar-refractivity contribution in [2.24, 2.45) is 52.3 Å². The number of fused-ring (bicyclic) bond motifs is 5. The van der Waals surface area contributed by atoms with E-state index < -0.39 is 24.4 Å². The van der Waals surface area contributed by atoms with Crippen LogP contribution in [0.5, 0.6) is 0 Å². The average molecular weight is 493 g/mol. The van der Waals surface area contributed by atoms with Crippen molar-refractivity contribution >= 4 is 5.97 Å². The first-order chi connectivity index (χ1) is 16.4. The summed E-state index contributed by atoms with van der Waals surface area (Å²) in [4.78, 5) is 13.0. The molecular weight excluding hydrogens is 444 g/mol. The van der Waals surface area contributed by atoms with Crippen LogP contribution >= 0.6 is 0 Å². The Hall–Kier alpha value is -0.950. The van der Waals surface area contributed by atoms with E-state index in [1.165, 1.54) is 0 Å². The molecule has 0 aromatic carbocycles. The maximum atomic E-state index is 13.0. The third-order valence-electron chi connectivity index (χ3n) is 11.3. The van der Waals surface area contributed by atoms with E-state index in [2.05, 4.69) is 20.8 Å². The number of carbonyl (C=O) groups is 1. The van der Waals surface area contributed by atoms with Gasteiger partial charge in [0, 0.05) is 0 Å². The molecule has 0 spiro atoms. The zero-order chi connectivity index (χ0) is 25.9. The summed E-state index contributed by atoms with van der Waals surface area (Å²) in [6.45, 7) is 13.0. The molecule has 4 rings (SSSR count). The summed E-state index contributed by atoms with van der Waals surface area (Å²) in [5.41, 5.74) is 0.515. The zero-order valence-electron chi connectivity index (χ0n) is 22.5. The lowest BCUT2D eigenvalue weighted by Crippen LogP contribution is -2.55. The van der Waals surface area contributed by atoms with Gasteiger partial charge in [0.2, 0.25) is 0 Å². The molecule has 35 heavy (non-hydrogen) atoms. The normalized spacial score (nSPS) is 46.7. The van der Waals surface area contributed by atoms with Crippen LogP contribution in [0.25, 0.3) is 0 Å². The fourth-order valence-electron chi connectivity index (χ4n) is 9.26. The highest BCUT2D eigenvalue weighted by atomic mass is 16.5. The largest absolute Gasteiger partial charge is 0.465 e. The van der Waals surface area contributed by atoms with Gasteiger partial charge >= 0.3 is 5.97 Å². The molecular formula is C29H48O6. The molecule has 0 bridgehead atoms. The molecule has 0 amide bonds. The van der Waals surface area contributed by atoms with Gasteiger partial charge in [-0.15, -0.1) is 0 Å². The molecule has 12 atom stereocenters. The number of aliphatic hydroxyl groups is 4. The van der Waals surface area contributed by atoms with Crippen molar-refractivity contribution in [1.82, 2.24) is 0 Å². The highest BCUT2D eigenvalue weighted by Gasteiger charge is 2.63. The van der Waals surface area contributed by atoms with Gasteiger partial charge in [-0.25, -0.2) is 0 Å². The summed E-state index contributed by atoms with van der Waals surface area (Å²) in [5, 5.41) is 43.1. The lowest BCUT2D eigenvalue weighted by molar-refractivity contribution is -0.162. The number of hydrogen-bond donors (Lipinski definition) is 4. The van der Waals surface area contributed by atoms with Gasteiger partial charge in [-0.2, -0.15) is 0 Å². The van der Waals surface area contributed by atoms with E-state index in [0.29, 0.717) is 18.9 Å². The average Bonchev–Trinajstić information content (AvgIpc) is 3.11. The molecule has 1 heterocycles. The smallest absolute Gasteiger partial charge is 0.309 e. The number of carbonyl (C=O) groups excluding carboxylic acids is 1. The quantitative estimate of drug-likeness (QED) is 0.344. The minimum absolute atomic E-state index is 0.00457. The molecule has 6 nitrogen and oxygen atoms in total. The SMILES string of the molecule is C/C=C(/C(C)C)[C@@H](O)[C@H](O)[C@@H](C)[C@H]1CC[C@@H]2[C@H]3COC(=O)[C@H]4C[C@H](O)[C@H](O)C[C@]4(C)[C@H]3CC[C@]12C. The Balaban J connectivity index is 1.58. The van der Waals surface area contributed by atoms with Crippen LogP contribution in [0.1, 0.15) is 80.1 Å². The Labute approximate surface area is 211 Å². The predicted octanol–water partition coefficient (Wildman–Crippen LogP) is 3.70. The maximum Gasteiger partial charge on any atom is 0.309 e. The van der Waals surface area contributed by atoms with Crippen LogP contribution in [-0.4, -0.2) is 57.4 Å². The number of allylic oxidation sites excluding steroid dienone is 1. The first-order valence-corrected chi connectivity index (χ1v) is 13.9. The summed E-state index contributed by atoms with van der Waals surface area (Å²) in [5.74, 6) is 0.676. The topological polar surface area (TPSA) is 107 Å². The van der Waals surface area contributed by atoms with Crippen molar-refractivity contribution in [3.63, 3.8) is 0 Å². The number of ether oxygens (including phenoxy) is 1. The molecule has 4 aliphatic rings. The molecule has 4 fully saturated rings. The Morgan fingerprint density at radius 1 is 1.03 bits per heavy atom. The summed E-state index contributed by atoms with van der Waals surface area (Å²) in [6.07, 6.45) is 3.28. The first-order valence-electron chi connectivity index (χ1n) is 13.9. The van der Waals surface area contributed by atoms with Crippen molar-refractivity contribution in [2.75, 3.05) is 6.61 Å². The van der Waals surface area contributed by atoms with Crippen LogP contribution in [0.2, 0.25) is 0 Å². The van der Waals surface area contributed by atoms with E-state index >= 15 is 0 Å². The Morgan fingerprint density at radius 2 is 1.69 bits per heavy atom. The third kappa shape index (κ3) is 4.30. The monoisotopic (exact) mass is 492 g/mol. The zero-order valence-corrected chi connectivity index (χ0v) is 22.5. The van der Waals surface area contributed by atoms with Crippen molar-refractivity contribution in [3.8, 4) is 0 Å². The number of rotatable bonds is 5. The fourth-order valence-corrected chi connectivity index (χ4v) is 9.26. The van der Waals surface area contributed by atoms with Crippen LogP contribution in [-0.2, 0) is 9.53 Å². The number of aliphatic hydroxyl groups excluding tert-OH is 4. The first kappa shape index (κ1) is 27.1. The summed E-state index contributed by atoms with van der Waals surface area (Å²) >= 11 is 0. The van der Waals surface area contributed by atoms with Crippen molar-refractivity contribution in [2.45, 2.75) is 104 Å². The molecule has 1 aliphatic heterocycles. The van der Waals surface area contributed by atoms with E-state index in [1.54, 1.807) is 0 Å². The van der Waals surface area contributed by atoms with Crippen LogP contribution < -0.4 is 0 Å². The van der Waals surface area contributed by atoms with Crippen LogP contribution in [0, 0.1) is 52.3 Å². The Morgan fingerprint density at radius 3 is 2.31 bits per heavy atom. The Bertz CT molecular complexity index is 824. The minimum Gasteiger partial charge on any atom is -0.465 e. The van der Waals surface area contributed by atoms with Gasteiger partial charge in [-0.05, 0) is 97.4 Å². The fraction of sp³-hybridized carbons (Fsp3) is 0.897. The van der Waals surface area contributed by atoms with Crippen LogP contribution in [0.4, 0.5) is 0 Å². The van der Waals surface area contributed by atoms with Gasteiger partial charge in [0.05, 0.1) is 30.8 Å². The second kappa shape index (κ2) is 9.74. The van der Waals surface area contributed by atoms with Crippen molar-refractivity contribution in [3.05, 3.63) is 11.6 Å². The van der Waals surface area contributed by atoms with Gasteiger partial charge in [0.25, 0.3) is 0 Å². The second-order valence-corrected chi connectivity index (χ2v) is 13.1. The van der Waals surface area contributed by atoms with Gasteiger partial charge in [-0.1, -0.05) is 40.7 Å². The van der Waals surface area contributed by atoms with Crippen LogP contribution in [0.3, 0.4) is 0 Å². The van der Waals surface area contributed by atoms with Crippen LogP contribution in [0.15, 0.2) is 11.6 Å². The van der Waals surface area contributed by atoms with Crippen molar-refractivity contribution in [1.29, 1.82) is 0 Å². The molecule has 0 aromatic heterocycles. The molecule has 4 N–H and O–H groups in total. The van der Waals surface area contributed by atoms with Crippen molar-refractivity contribution < 1.29 is 30.0 Å². The lowest BCUT2D eigenvalue weighted by Gasteiger charge is -2.56. The second-order valence-electron chi connectivity index (χ2n) is 13.1. The molecule has 0 aromatic rings. The third-order valence-corrected chi connectivity index (χ3v) is 11.3. The molecule has 3 saturated carbocycles. The number of hydrogen-bond acceptors (Lipinski definition) is 6. The molecule has 0 radical (unpaired) electrons. The number of cyclic esters (lactones) is 1. The minimum atomic E-state index is -0.872. The maximum absolute atomic E-state index is 13.0. The lowest BCUT2D eigenvalue weighted by atomic mass is 9.48. The summed E-state index contributed by atoms with van der Waals surface area (Å²) < 4.78 is 5.87.